The van der Waals surface area contributed by atoms with Crippen LogP contribution in [0.25, 0.3) is 11.0 Å². The van der Waals surface area contributed by atoms with Crippen LogP contribution in [0, 0.1) is 13.8 Å². The molecule has 0 saturated carbocycles. The second-order valence-corrected chi connectivity index (χ2v) is 8.37. The molecule has 5 heteroatoms. The maximum absolute atomic E-state index is 12.5. The molecule has 0 bridgehead atoms. The number of likely N-dealkylation sites (N-methyl/N-ethyl adjacent to an activating group) is 1. The van der Waals surface area contributed by atoms with Crippen molar-refractivity contribution in [1.29, 1.82) is 0 Å². The van der Waals surface area contributed by atoms with Crippen LogP contribution in [0.2, 0.25) is 0 Å². The van der Waals surface area contributed by atoms with Crippen LogP contribution in [-0.4, -0.2) is 31.4 Å². The highest BCUT2D eigenvalue weighted by molar-refractivity contribution is 5.82. The van der Waals surface area contributed by atoms with Gasteiger partial charge in [-0.3, -0.25) is 4.79 Å². The number of benzene rings is 2. The number of amides is 1. The second-order valence-electron chi connectivity index (χ2n) is 8.37. The Morgan fingerprint density at radius 3 is 2.45 bits per heavy atom. The van der Waals surface area contributed by atoms with Gasteiger partial charge in [0.25, 0.3) is 0 Å². The molecule has 0 aliphatic heterocycles. The summed E-state index contributed by atoms with van der Waals surface area (Å²) in [5.41, 5.74) is 5.21. The van der Waals surface area contributed by atoms with Crippen molar-refractivity contribution >= 4 is 16.9 Å². The molecule has 0 spiro atoms. The zero-order chi connectivity index (χ0) is 22.5. The quantitative estimate of drug-likeness (QED) is 0.551. The van der Waals surface area contributed by atoms with Crippen LogP contribution in [0.1, 0.15) is 47.2 Å². The van der Waals surface area contributed by atoms with Crippen LogP contribution in [0.5, 0.6) is 0 Å². The summed E-state index contributed by atoms with van der Waals surface area (Å²) in [4.78, 5) is 27.1. The Balaban J connectivity index is 1.65. The molecule has 0 saturated heterocycles. The fourth-order valence-electron chi connectivity index (χ4n) is 3.90. The van der Waals surface area contributed by atoms with Crippen LogP contribution in [-0.2, 0) is 17.6 Å². The lowest BCUT2D eigenvalue weighted by molar-refractivity contribution is -0.121. The van der Waals surface area contributed by atoms with Gasteiger partial charge in [-0.25, -0.2) is 4.79 Å². The standard InChI is InChI=1S/C26H32N2O3/c1-6-19-8-10-20(11-9-19)23(28(4)5)16-27-25(29)14-13-22-18(3)21-12-7-17(2)15-24(21)31-26(22)30/h7-12,15,23H,6,13-14,16H2,1-5H3,(H,27,29). The topological polar surface area (TPSA) is 62.6 Å². The minimum absolute atomic E-state index is 0.0696. The number of carbonyl (C=O) groups excluding carboxylic acids is 1. The molecule has 1 amide bonds. The van der Waals surface area contributed by atoms with E-state index in [4.69, 9.17) is 4.42 Å². The Morgan fingerprint density at radius 2 is 1.81 bits per heavy atom. The number of rotatable bonds is 8. The third-order valence-electron chi connectivity index (χ3n) is 5.93. The summed E-state index contributed by atoms with van der Waals surface area (Å²) in [7, 11) is 4.02. The monoisotopic (exact) mass is 420 g/mol. The highest BCUT2D eigenvalue weighted by Crippen LogP contribution is 2.22. The number of nitrogens with zero attached hydrogens (tertiary/aromatic N) is 1. The van der Waals surface area contributed by atoms with Gasteiger partial charge in [-0.1, -0.05) is 43.3 Å². The van der Waals surface area contributed by atoms with E-state index in [0.29, 0.717) is 24.1 Å². The number of aryl methyl sites for hydroxylation is 3. The van der Waals surface area contributed by atoms with Crippen LogP contribution < -0.4 is 10.9 Å². The van der Waals surface area contributed by atoms with E-state index < -0.39 is 0 Å². The molecule has 1 atom stereocenters. The number of fused-ring (bicyclic) bond motifs is 1. The van der Waals surface area contributed by atoms with Gasteiger partial charge in [0.1, 0.15) is 5.58 Å². The highest BCUT2D eigenvalue weighted by Gasteiger charge is 2.17. The van der Waals surface area contributed by atoms with E-state index in [1.165, 1.54) is 11.1 Å². The largest absolute Gasteiger partial charge is 0.423 e. The van der Waals surface area contributed by atoms with E-state index in [9.17, 15) is 9.59 Å². The molecule has 1 N–H and O–H groups in total. The smallest absolute Gasteiger partial charge is 0.339 e. The normalized spacial score (nSPS) is 12.3. The molecule has 3 rings (SSSR count). The lowest BCUT2D eigenvalue weighted by Crippen LogP contribution is -2.34. The minimum Gasteiger partial charge on any atom is -0.423 e. The summed E-state index contributed by atoms with van der Waals surface area (Å²) in [6.45, 7) is 6.54. The van der Waals surface area contributed by atoms with Gasteiger partial charge in [-0.05, 0) is 69.1 Å². The molecule has 1 unspecified atom stereocenters. The summed E-state index contributed by atoms with van der Waals surface area (Å²) in [5.74, 6) is -0.0696. The summed E-state index contributed by atoms with van der Waals surface area (Å²) >= 11 is 0. The minimum atomic E-state index is -0.356. The molecule has 5 nitrogen and oxygen atoms in total. The molecule has 0 radical (unpaired) electrons. The number of carbonyl (C=O) groups is 1. The predicted molar refractivity (Wildman–Crippen MR) is 126 cm³/mol. The van der Waals surface area contributed by atoms with Crippen molar-refractivity contribution in [3.63, 3.8) is 0 Å². The fraction of sp³-hybridized carbons (Fsp3) is 0.385. The Morgan fingerprint density at radius 1 is 1.10 bits per heavy atom. The van der Waals surface area contributed by atoms with Gasteiger partial charge in [0.2, 0.25) is 5.91 Å². The van der Waals surface area contributed by atoms with Gasteiger partial charge >= 0.3 is 5.63 Å². The first-order valence-electron chi connectivity index (χ1n) is 10.8. The third kappa shape index (κ3) is 5.42. The van der Waals surface area contributed by atoms with Crippen molar-refractivity contribution in [3.8, 4) is 0 Å². The Bertz CT molecular complexity index is 1110. The molecule has 2 aromatic carbocycles. The molecule has 1 heterocycles. The van der Waals surface area contributed by atoms with Gasteiger partial charge in [0.05, 0.1) is 6.04 Å². The SMILES string of the molecule is CCc1ccc(C(CNC(=O)CCc2c(C)c3ccc(C)cc3oc2=O)N(C)C)cc1. The first-order chi connectivity index (χ1) is 14.8. The van der Waals surface area contributed by atoms with E-state index in [-0.39, 0.29) is 24.0 Å². The maximum atomic E-state index is 12.5. The molecular formula is C26H32N2O3. The first kappa shape index (κ1) is 22.8. The van der Waals surface area contributed by atoms with Crippen molar-refractivity contribution in [1.82, 2.24) is 10.2 Å². The van der Waals surface area contributed by atoms with Crippen molar-refractivity contribution in [2.24, 2.45) is 0 Å². The van der Waals surface area contributed by atoms with Crippen LogP contribution in [0.3, 0.4) is 0 Å². The summed E-state index contributed by atoms with van der Waals surface area (Å²) < 4.78 is 5.50. The summed E-state index contributed by atoms with van der Waals surface area (Å²) in [6.07, 6.45) is 1.62. The molecule has 164 valence electrons. The summed E-state index contributed by atoms with van der Waals surface area (Å²) in [6, 6.07) is 14.5. The molecule has 3 aromatic rings. The van der Waals surface area contributed by atoms with E-state index >= 15 is 0 Å². The molecule has 1 aromatic heterocycles. The average Bonchev–Trinajstić information content (AvgIpc) is 2.73. The van der Waals surface area contributed by atoms with Crippen molar-refractivity contribution in [3.05, 3.63) is 80.7 Å². The van der Waals surface area contributed by atoms with Crippen LogP contribution in [0.4, 0.5) is 0 Å². The number of nitrogens with one attached hydrogen (secondary N) is 1. The van der Waals surface area contributed by atoms with Crippen molar-refractivity contribution < 1.29 is 9.21 Å². The molecule has 0 fully saturated rings. The maximum Gasteiger partial charge on any atom is 0.339 e. The Hall–Kier alpha value is -2.92. The van der Waals surface area contributed by atoms with Gasteiger partial charge in [-0.2, -0.15) is 0 Å². The van der Waals surface area contributed by atoms with Crippen molar-refractivity contribution in [2.75, 3.05) is 20.6 Å². The zero-order valence-electron chi connectivity index (χ0n) is 19.1. The van der Waals surface area contributed by atoms with Gasteiger partial charge in [-0.15, -0.1) is 0 Å². The average molecular weight is 421 g/mol. The number of hydrogen-bond donors (Lipinski definition) is 1. The molecule has 0 aliphatic carbocycles. The molecule has 0 aliphatic rings. The van der Waals surface area contributed by atoms with E-state index in [2.05, 4.69) is 41.4 Å². The van der Waals surface area contributed by atoms with Gasteiger partial charge in [0.15, 0.2) is 0 Å². The van der Waals surface area contributed by atoms with Crippen LogP contribution >= 0.6 is 0 Å². The lowest BCUT2D eigenvalue weighted by atomic mass is 10.0. The van der Waals surface area contributed by atoms with Crippen molar-refractivity contribution in [2.45, 2.75) is 46.1 Å². The predicted octanol–water partition coefficient (Wildman–Crippen LogP) is 4.32. The summed E-state index contributed by atoms with van der Waals surface area (Å²) in [5, 5.41) is 3.95. The van der Waals surface area contributed by atoms with Gasteiger partial charge in [0, 0.05) is 23.9 Å². The lowest BCUT2D eigenvalue weighted by Gasteiger charge is -2.25. The van der Waals surface area contributed by atoms with Gasteiger partial charge < -0.3 is 14.6 Å². The van der Waals surface area contributed by atoms with E-state index in [0.717, 1.165) is 22.9 Å². The Kier molecular flexibility index (Phi) is 7.29. The Labute approximate surface area is 184 Å². The van der Waals surface area contributed by atoms with E-state index in [1.54, 1.807) is 0 Å². The second kappa shape index (κ2) is 9.92. The zero-order valence-corrected chi connectivity index (χ0v) is 19.1. The number of hydrogen-bond acceptors (Lipinski definition) is 4. The van der Waals surface area contributed by atoms with E-state index in [1.807, 2.05) is 46.1 Å². The highest BCUT2D eigenvalue weighted by atomic mass is 16.4. The third-order valence-corrected chi connectivity index (χ3v) is 5.93. The van der Waals surface area contributed by atoms with Crippen LogP contribution in [0.15, 0.2) is 51.7 Å². The first-order valence-corrected chi connectivity index (χ1v) is 10.8. The molecular weight excluding hydrogens is 388 g/mol. The fourth-order valence-corrected chi connectivity index (χ4v) is 3.90. The molecule has 31 heavy (non-hydrogen) atoms.